The zero-order chi connectivity index (χ0) is 15.3. The molecule has 7 nitrogen and oxygen atoms in total. The Morgan fingerprint density at radius 3 is 3.00 bits per heavy atom. The normalized spacial score (nSPS) is 19.9. The summed E-state index contributed by atoms with van der Waals surface area (Å²) in [6.45, 7) is 3.84. The molecule has 2 aromatic rings. The number of carbonyl (C=O) groups is 1. The van der Waals surface area contributed by atoms with Crippen LogP contribution in [0.4, 0.5) is 11.6 Å². The van der Waals surface area contributed by atoms with E-state index in [-0.39, 0.29) is 5.91 Å². The van der Waals surface area contributed by atoms with Crippen molar-refractivity contribution in [3.63, 3.8) is 0 Å². The lowest BCUT2D eigenvalue weighted by Crippen LogP contribution is -2.10. The molecule has 3 heterocycles. The Kier molecular flexibility index (Phi) is 2.69. The van der Waals surface area contributed by atoms with E-state index >= 15 is 0 Å². The molecule has 2 aliphatic rings. The molecule has 4 rings (SSSR count). The van der Waals surface area contributed by atoms with Crippen molar-refractivity contribution in [3.8, 4) is 0 Å². The van der Waals surface area contributed by atoms with E-state index in [2.05, 4.69) is 27.3 Å². The Labute approximate surface area is 126 Å². The Morgan fingerprint density at radius 2 is 2.32 bits per heavy atom. The van der Waals surface area contributed by atoms with Crippen LogP contribution in [0.2, 0.25) is 0 Å². The lowest BCUT2D eigenvalue weighted by Gasteiger charge is -2.08. The Bertz CT molecular complexity index is 830. The number of anilines is 2. The minimum absolute atomic E-state index is 0.0451. The van der Waals surface area contributed by atoms with E-state index in [1.807, 2.05) is 6.08 Å². The number of amides is 1. The summed E-state index contributed by atoms with van der Waals surface area (Å²) >= 11 is 0. The second-order valence-corrected chi connectivity index (χ2v) is 5.69. The standard InChI is InChI=1S/C15H16N6O/c1-8-9(5-14(22)18-8)4-10-7-17-21-13(19-11-2-3-11)6-12(16)20-15(10)21/h4,6-7,11,19H,1-3,5H2,(H2,16,20)(H,18,22)/b9-4+. The molecular formula is C15H16N6O. The van der Waals surface area contributed by atoms with Gasteiger partial charge in [0.05, 0.1) is 12.6 Å². The Morgan fingerprint density at radius 1 is 1.50 bits per heavy atom. The number of nitrogen functional groups attached to an aromatic ring is 1. The number of nitrogens with one attached hydrogen (secondary N) is 2. The van der Waals surface area contributed by atoms with Crippen LogP contribution < -0.4 is 16.4 Å². The number of nitrogens with two attached hydrogens (primary N) is 1. The molecule has 7 heteroatoms. The van der Waals surface area contributed by atoms with Crippen LogP contribution in [-0.4, -0.2) is 26.5 Å². The number of allylic oxidation sites excluding steroid dienone is 1. The van der Waals surface area contributed by atoms with Gasteiger partial charge in [-0.1, -0.05) is 6.58 Å². The third kappa shape index (κ3) is 2.20. The zero-order valence-electron chi connectivity index (χ0n) is 12.0. The maximum atomic E-state index is 11.4. The van der Waals surface area contributed by atoms with Crippen LogP contribution in [0.3, 0.4) is 0 Å². The van der Waals surface area contributed by atoms with Crippen molar-refractivity contribution >= 4 is 29.3 Å². The van der Waals surface area contributed by atoms with Crippen LogP contribution in [0.1, 0.15) is 24.8 Å². The highest BCUT2D eigenvalue weighted by atomic mass is 16.1. The number of hydrogen-bond donors (Lipinski definition) is 3. The number of rotatable bonds is 3. The first-order chi connectivity index (χ1) is 10.6. The molecule has 2 aromatic heterocycles. The van der Waals surface area contributed by atoms with Gasteiger partial charge >= 0.3 is 0 Å². The molecule has 1 aliphatic heterocycles. The van der Waals surface area contributed by atoms with E-state index in [4.69, 9.17) is 5.73 Å². The van der Waals surface area contributed by atoms with Gasteiger partial charge in [-0.2, -0.15) is 9.61 Å². The van der Waals surface area contributed by atoms with Crippen molar-refractivity contribution in [2.45, 2.75) is 25.3 Å². The van der Waals surface area contributed by atoms with Crippen molar-refractivity contribution in [2.75, 3.05) is 11.1 Å². The molecule has 1 saturated carbocycles. The summed E-state index contributed by atoms with van der Waals surface area (Å²) < 4.78 is 1.74. The van der Waals surface area contributed by atoms with Crippen LogP contribution in [0.5, 0.6) is 0 Å². The van der Waals surface area contributed by atoms with Crippen molar-refractivity contribution in [2.24, 2.45) is 0 Å². The molecule has 1 aliphatic carbocycles. The summed E-state index contributed by atoms with van der Waals surface area (Å²) in [5.41, 5.74) is 8.87. The first kappa shape index (κ1) is 12.9. The largest absolute Gasteiger partial charge is 0.384 e. The first-order valence-electron chi connectivity index (χ1n) is 7.20. The van der Waals surface area contributed by atoms with E-state index in [1.165, 1.54) is 0 Å². The van der Waals surface area contributed by atoms with E-state index in [0.29, 0.717) is 29.6 Å². The zero-order valence-corrected chi connectivity index (χ0v) is 12.0. The van der Waals surface area contributed by atoms with Crippen LogP contribution in [-0.2, 0) is 4.79 Å². The smallest absolute Gasteiger partial charge is 0.228 e. The molecule has 0 aromatic carbocycles. The third-order valence-corrected chi connectivity index (χ3v) is 3.81. The fourth-order valence-corrected chi connectivity index (χ4v) is 2.54. The van der Waals surface area contributed by atoms with Crippen LogP contribution >= 0.6 is 0 Å². The predicted molar refractivity (Wildman–Crippen MR) is 83.9 cm³/mol. The molecule has 0 unspecified atom stereocenters. The lowest BCUT2D eigenvalue weighted by molar-refractivity contribution is -0.118. The molecule has 1 amide bonds. The van der Waals surface area contributed by atoms with Crippen LogP contribution in [0, 0.1) is 0 Å². The minimum atomic E-state index is -0.0451. The van der Waals surface area contributed by atoms with Crippen molar-refractivity contribution < 1.29 is 4.79 Å². The molecule has 0 bridgehead atoms. The second-order valence-electron chi connectivity index (χ2n) is 5.69. The third-order valence-electron chi connectivity index (χ3n) is 3.81. The van der Waals surface area contributed by atoms with Gasteiger partial charge in [-0.15, -0.1) is 0 Å². The number of aromatic nitrogens is 3. The SMILES string of the molecule is C=C1NC(=O)C/C1=C\c1cnn2c(NC3CC3)cc(N)nc12. The van der Waals surface area contributed by atoms with Gasteiger partial charge in [0.1, 0.15) is 11.6 Å². The molecule has 112 valence electrons. The Hall–Kier alpha value is -2.83. The maximum absolute atomic E-state index is 11.4. The van der Waals surface area contributed by atoms with Gasteiger partial charge in [0.25, 0.3) is 0 Å². The van der Waals surface area contributed by atoms with Crippen LogP contribution in [0.25, 0.3) is 11.7 Å². The highest BCUT2D eigenvalue weighted by molar-refractivity contribution is 5.89. The fraction of sp³-hybridized carbons (Fsp3) is 0.267. The number of carbonyl (C=O) groups excluding carboxylic acids is 1. The summed E-state index contributed by atoms with van der Waals surface area (Å²) in [5, 5.41) is 10.5. The monoisotopic (exact) mass is 296 g/mol. The highest BCUT2D eigenvalue weighted by Crippen LogP contribution is 2.28. The summed E-state index contributed by atoms with van der Waals surface area (Å²) in [4.78, 5) is 15.8. The van der Waals surface area contributed by atoms with E-state index in [9.17, 15) is 4.79 Å². The van der Waals surface area contributed by atoms with Gasteiger partial charge in [-0.05, 0) is 24.5 Å². The number of nitrogens with zero attached hydrogens (tertiary/aromatic N) is 3. The molecule has 0 spiro atoms. The molecule has 4 N–H and O–H groups in total. The molecule has 0 radical (unpaired) electrons. The van der Waals surface area contributed by atoms with Gasteiger partial charge in [-0.3, -0.25) is 4.79 Å². The summed E-state index contributed by atoms with van der Waals surface area (Å²) in [7, 11) is 0. The van der Waals surface area contributed by atoms with Gasteiger partial charge in [0.2, 0.25) is 5.91 Å². The first-order valence-corrected chi connectivity index (χ1v) is 7.20. The van der Waals surface area contributed by atoms with E-state index in [1.54, 1.807) is 16.8 Å². The van der Waals surface area contributed by atoms with E-state index < -0.39 is 0 Å². The summed E-state index contributed by atoms with van der Waals surface area (Å²) in [5.74, 6) is 1.24. The minimum Gasteiger partial charge on any atom is -0.384 e. The summed E-state index contributed by atoms with van der Waals surface area (Å²) in [6.07, 6.45) is 6.26. The quantitative estimate of drug-likeness (QED) is 0.793. The topological polar surface area (TPSA) is 97.3 Å². The van der Waals surface area contributed by atoms with E-state index in [0.717, 1.165) is 29.8 Å². The number of fused-ring (bicyclic) bond motifs is 1. The molecule has 2 fully saturated rings. The molecule has 22 heavy (non-hydrogen) atoms. The maximum Gasteiger partial charge on any atom is 0.228 e. The molecule has 1 saturated heterocycles. The van der Waals surface area contributed by atoms with Gasteiger partial charge in [0, 0.05) is 23.4 Å². The average Bonchev–Trinajstić information content (AvgIpc) is 3.09. The lowest BCUT2D eigenvalue weighted by atomic mass is 10.1. The fourth-order valence-electron chi connectivity index (χ4n) is 2.54. The van der Waals surface area contributed by atoms with Crippen molar-refractivity contribution in [1.29, 1.82) is 0 Å². The number of hydrogen-bond acceptors (Lipinski definition) is 5. The molecular weight excluding hydrogens is 280 g/mol. The van der Waals surface area contributed by atoms with Crippen molar-refractivity contribution in [1.82, 2.24) is 19.9 Å². The average molecular weight is 296 g/mol. The van der Waals surface area contributed by atoms with Gasteiger partial charge < -0.3 is 16.4 Å². The second kappa shape index (κ2) is 4.59. The molecule has 0 atom stereocenters. The van der Waals surface area contributed by atoms with Gasteiger partial charge in [0.15, 0.2) is 5.65 Å². The Balaban J connectivity index is 1.79. The van der Waals surface area contributed by atoms with Crippen molar-refractivity contribution in [3.05, 3.63) is 35.7 Å². The highest BCUT2D eigenvalue weighted by Gasteiger charge is 2.23. The summed E-state index contributed by atoms with van der Waals surface area (Å²) in [6, 6.07) is 2.28. The van der Waals surface area contributed by atoms with Crippen LogP contribution in [0.15, 0.2) is 30.1 Å². The predicted octanol–water partition coefficient (Wildman–Crippen LogP) is 1.30. The van der Waals surface area contributed by atoms with Gasteiger partial charge in [-0.25, -0.2) is 4.98 Å².